The molecule has 0 radical (unpaired) electrons. The number of benzene rings is 2. The first kappa shape index (κ1) is 21.5. The molecule has 33 heavy (non-hydrogen) atoms. The number of hydrogen-bond acceptors (Lipinski definition) is 7. The summed E-state index contributed by atoms with van der Waals surface area (Å²) >= 11 is 1.66. The highest BCUT2D eigenvalue weighted by Gasteiger charge is 2.33. The fourth-order valence-electron chi connectivity index (χ4n) is 4.29. The minimum atomic E-state index is -0.458. The van der Waals surface area contributed by atoms with Gasteiger partial charge in [0, 0.05) is 18.0 Å². The zero-order valence-corrected chi connectivity index (χ0v) is 19.3. The molecule has 0 bridgehead atoms. The van der Waals surface area contributed by atoms with E-state index in [4.69, 9.17) is 9.47 Å². The van der Waals surface area contributed by atoms with Crippen molar-refractivity contribution in [3.63, 3.8) is 0 Å². The lowest BCUT2D eigenvalue weighted by Gasteiger charge is -2.28. The molecule has 0 saturated carbocycles. The third kappa shape index (κ3) is 4.07. The number of methoxy groups -OCH3 is 1. The Morgan fingerprint density at radius 2 is 1.97 bits per heavy atom. The van der Waals surface area contributed by atoms with Gasteiger partial charge in [-0.2, -0.15) is 0 Å². The molecule has 2 aromatic carbocycles. The fraction of sp³-hybridized carbons (Fsp3) is 0.280. The van der Waals surface area contributed by atoms with Crippen molar-refractivity contribution in [2.75, 3.05) is 25.5 Å². The fourth-order valence-corrected chi connectivity index (χ4v) is 5.60. The van der Waals surface area contributed by atoms with Crippen molar-refractivity contribution >= 4 is 28.2 Å². The quantitative estimate of drug-likeness (QED) is 0.436. The summed E-state index contributed by atoms with van der Waals surface area (Å²) in [5.41, 5.74) is 3.22. The van der Waals surface area contributed by atoms with Gasteiger partial charge in [0.05, 0.1) is 18.2 Å². The lowest BCUT2D eigenvalue weighted by atomic mass is 10.0. The molecule has 0 spiro atoms. The maximum Gasteiger partial charge on any atom is 0.343 e. The lowest BCUT2D eigenvalue weighted by Crippen LogP contribution is -2.38. The zero-order valence-electron chi connectivity index (χ0n) is 18.5. The number of carbonyl (C=O) groups is 2. The topological polar surface area (TPSA) is 79.9 Å². The Labute approximate surface area is 196 Å². The van der Waals surface area contributed by atoms with Crippen LogP contribution in [0.25, 0.3) is 0 Å². The predicted molar refractivity (Wildman–Crippen MR) is 127 cm³/mol. The summed E-state index contributed by atoms with van der Waals surface area (Å²) in [5, 5.41) is 7.45. The lowest BCUT2D eigenvalue weighted by molar-refractivity contribution is 0.0729. The van der Waals surface area contributed by atoms with Crippen LogP contribution in [0.4, 0.5) is 5.00 Å². The molecular formula is C25H25N3O4S. The maximum atomic E-state index is 13.0. The van der Waals surface area contributed by atoms with E-state index in [1.54, 1.807) is 47.7 Å². The molecule has 1 unspecified atom stereocenters. The highest BCUT2D eigenvalue weighted by atomic mass is 32.1. The molecule has 3 aromatic rings. The number of thiophene rings is 1. The second-order valence-electron chi connectivity index (χ2n) is 8.04. The molecule has 2 aliphatic heterocycles. The van der Waals surface area contributed by atoms with E-state index in [1.165, 1.54) is 17.6 Å². The second-order valence-corrected chi connectivity index (χ2v) is 9.15. The molecule has 5 rings (SSSR count). The predicted octanol–water partition coefficient (Wildman–Crippen LogP) is 4.21. The molecule has 2 N–H and O–H groups in total. The first-order chi connectivity index (χ1) is 16.1. The smallest absolute Gasteiger partial charge is 0.343 e. The molecule has 0 aliphatic carbocycles. The number of carbonyl (C=O) groups excluding carboxylic acids is 2. The van der Waals surface area contributed by atoms with Gasteiger partial charge in [0.15, 0.2) is 11.5 Å². The number of nitrogens with one attached hydrogen (secondary N) is 2. The van der Waals surface area contributed by atoms with Gasteiger partial charge in [-0.15, -0.1) is 11.3 Å². The van der Waals surface area contributed by atoms with Crippen LogP contribution >= 0.6 is 11.3 Å². The average molecular weight is 464 g/mol. The Bertz CT molecular complexity index is 1210. The Hall–Kier alpha value is -3.36. The molecule has 3 heterocycles. The number of rotatable bonds is 5. The number of hydrogen-bond donors (Lipinski definition) is 2. The van der Waals surface area contributed by atoms with Crippen LogP contribution in [0, 0.1) is 0 Å². The Morgan fingerprint density at radius 3 is 2.73 bits per heavy atom. The van der Waals surface area contributed by atoms with E-state index >= 15 is 0 Å². The molecule has 7 nitrogen and oxygen atoms in total. The summed E-state index contributed by atoms with van der Waals surface area (Å²) in [6.45, 7) is 5.03. The van der Waals surface area contributed by atoms with E-state index < -0.39 is 12.1 Å². The SMILES string of the molecule is CCN1CCc2c(sc3c2C(=O)NC(c2ccc(OC(=O)c4ccccc4)c(OC)c2)N3)C1. The van der Waals surface area contributed by atoms with Gasteiger partial charge in [-0.1, -0.05) is 31.2 Å². The summed E-state index contributed by atoms with van der Waals surface area (Å²) in [7, 11) is 1.52. The van der Waals surface area contributed by atoms with Gasteiger partial charge in [0.2, 0.25) is 0 Å². The van der Waals surface area contributed by atoms with Gasteiger partial charge in [-0.3, -0.25) is 9.69 Å². The van der Waals surface area contributed by atoms with Gasteiger partial charge < -0.3 is 20.1 Å². The van der Waals surface area contributed by atoms with Crippen LogP contribution in [0.1, 0.15) is 49.8 Å². The van der Waals surface area contributed by atoms with Gasteiger partial charge in [-0.05, 0) is 48.4 Å². The standard InChI is InChI=1S/C25H25N3O4S/c1-3-28-12-11-17-20(14-28)33-24-21(17)23(29)26-22(27-24)16-9-10-18(19(13-16)31-2)32-25(30)15-7-5-4-6-8-15/h4-10,13,22,27H,3,11-12,14H2,1-2H3,(H,26,29). The normalized spacial score (nSPS) is 17.4. The first-order valence-electron chi connectivity index (χ1n) is 11.0. The van der Waals surface area contributed by atoms with Gasteiger partial charge in [0.25, 0.3) is 5.91 Å². The molecule has 8 heteroatoms. The molecular weight excluding hydrogens is 438 g/mol. The summed E-state index contributed by atoms with van der Waals surface area (Å²) in [6.07, 6.45) is 0.490. The molecule has 170 valence electrons. The van der Waals surface area contributed by atoms with Crippen LogP contribution < -0.4 is 20.1 Å². The first-order valence-corrected chi connectivity index (χ1v) is 11.8. The molecule has 0 saturated heterocycles. The summed E-state index contributed by atoms with van der Waals surface area (Å²) in [6, 6.07) is 14.1. The Balaban J connectivity index is 1.38. The van der Waals surface area contributed by atoms with E-state index in [1.807, 2.05) is 12.1 Å². The monoisotopic (exact) mass is 463 g/mol. The maximum absolute atomic E-state index is 13.0. The van der Waals surface area contributed by atoms with Crippen LogP contribution in [0.5, 0.6) is 11.5 Å². The van der Waals surface area contributed by atoms with Crippen molar-refractivity contribution in [1.29, 1.82) is 0 Å². The molecule has 1 aromatic heterocycles. The summed E-state index contributed by atoms with van der Waals surface area (Å²) in [4.78, 5) is 29.1. The van der Waals surface area contributed by atoms with Crippen molar-refractivity contribution in [3.05, 3.63) is 75.7 Å². The number of ether oxygens (including phenoxy) is 2. The van der Waals surface area contributed by atoms with Crippen molar-refractivity contribution in [2.45, 2.75) is 26.1 Å². The van der Waals surface area contributed by atoms with E-state index in [9.17, 15) is 9.59 Å². The van der Waals surface area contributed by atoms with Gasteiger partial charge >= 0.3 is 5.97 Å². The van der Waals surface area contributed by atoms with Crippen LogP contribution in [-0.2, 0) is 13.0 Å². The number of likely N-dealkylation sites (N-methyl/N-ethyl adjacent to an activating group) is 1. The average Bonchev–Trinajstić information content (AvgIpc) is 3.22. The molecule has 0 fully saturated rings. The van der Waals surface area contributed by atoms with Crippen molar-refractivity contribution in [1.82, 2.24) is 10.2 Å². The van der Waals surface area contributed by atoms with E-state index in [-0.39, 0.29) is 5.91 Å². The van der Waals surface area contributed by atoms with Gasteiger partial charge in [0.1, 0.15) is 11.2 Å². The minimum Gasteiger partial charge on any atom is -0.493 e. The molecule has 2 aliphatic rings. The van der Waals surface area contributed by atoms with Crippen molar-refractivity contribution in [2.24, 2.45) is 0 Å². The van der Waals surface area contributed by atoms with E-state index in [2.05, 4.69) is 22.5 Å². The number of nitrogens with zero attached hydrogens (tertiary/aromatic N) is 1. The van der Waals surface area contributed by atoms with E-state index in [0.29, 0.717) is 17.1 Å². The largest absolute Gasteiger partial charge is 0.493 e. The minimum absolute atomic E-state index is 0.0604. The summed E-state index contributed by atoms with van der Waals surface area (Å²) < 4.78 is 11.0. The third-order valence-corrected chi connectivity index (χ3v) is 7.24. The highest BCUT2D eigenvalue weighted by Crippen LogP contribution is 2.41. The van der Waals surface area contributed by atoms with Crippen LogP contribution in [-0.4, -0.2) is 37.0 Å². The number of anilines is 1. The van der Waals surface area contributed by atoms with Crippen LogP contribution in [0.2, 0.25) is 0 Å². The Kier molecular flexibility index (Phi) is 5.78. The number of amides is 1. The van der Waals surface area contributed by atoms with Gasteiger partial charge in [-0.25, -0.2) is 4.79 Å². The van der Waals surface area contributed by atoms with Crippen LogP contribution in [0.15, 0.2) is 48.5 Å². The van der Waals surface area contributed by atoms with Crippen molar-refractivity contribution in [3.8, 4) is 11.5 Å². The molecule has 1 atom stereocenters. The Morgan fingerprint density at radius 1 is 1.15 bits per heavy atom. The zero-order chi connectivity index (χ0) is 22.9. The number of fused-ring (bicyclic) bond motifs is 3. The third-order valence-electron chi connectivity index (χ3n) is 6.09. The van der Waals surface area contributed by atoms with Crippen molar-refractivity contribution < 1.29 is 19.1 Å². The molecule has 1 amide bonds. The van der Waals surface area contributed by atoms with E-state index in [0.717, 1.165) is 42.2 Å². The number of esters is 1. The summed E-state index contributed by atoms with van der Waals surface area (Å²) in [5.74, 6) is 0.224. The van der Waals surface area contributed by atoms with Crippen LogP contribution in [0.3, 0.4) is 0 Å². The second kappa shape index (κ2) is 8.88. The highest BCUT2D eigenvalue weighted by molar-refractivity contribution is 7.16.